The van der Waals surface area contributed by atoms with Crippen LogP contribution in [0.2, 0.25) is 0 Å². The lowest BCUT2D eigenvalue weighted by Crippen LogP contribution is -2.08. The summed E-state index contributed by atoms with van der Waals surface area (Å²) >= 11 is 0. The van der Waals surface area contributed by atoms with Crippen LogP contribution in [0.4, 0.5) is 0 Å². The number of Topliss-reactive ketones (excluding diaryl/α,β-unsaturated/α-hetero) is 1. The van der Waals surface area contributed by atoms with Crippen LogP contribution < -0.4 is 4.74 Å². The number of aliphatic carboxylic acids is 1. The molecule has 2 N–H and O–H groups in total. The van der Waals surface area contributed by atoms with E-state index in [-0.39, 0.29) is 31.1 Å². The van der Waals surface area contributed by atoms with E-state index in [0.717, 1.165) is 0 Å². The molecule has 7 heteroatoms. The molecule has 0 heterocycles. The highest BCUT2D eigenvalue weighted by molar-refractivity contribution is 7.58. The Morgan fingerprint density at radius 1 is 1.20 bits per heavy atom. The molecule has 1 rings (SSSR count). The van der Waals surface area contributed by atoms with Gasteiger partial charge in [0.1, 0.15) is 5.75 Å². The number of hydrogen-bond acceptors (Lipinski definition) is 4. The lowest BCUT2D eigenvalue weighted by molar-refractivity contribution is -0.136. The number of hydrogen-bond donors (Lipinski definition) is 2. The molecule has 0 aliphatic rings. The topological polar surface area (TPSA) is 101 Å². The summed E-state index contributed by atoms with van der Waals surface area (Å²) in [6, 6.07) is 6.44. The highest BCUT2D eigenvalue weighted by Gasteiger charge is 2.19. The maximum absolute atomic E-state index is 11.6. The lowest BCUT2D eigenvalue weighted by atomic mass is 10.1. The van der Waals surface area contributed by atoms with Crippen molar-refractivity contribution in [1.82, 2.24) is 0 Å². The van der Waals surface area contributed by atoms with Gasteiger partial charge in [-0.05, 0) is 31.2 Å². The zero-order valence-electron chi connectivity index (χ0n) is 11.1. The number of carboxylic acids is 1. The van der Waals surface area contributed by atoms with E-state index in [1.807, 2.05) is 0 Å². The molecule has 1 aromatic rings. The molecule has 0 aliphatic heterocycles. The summed E-state index contributed by atoms with van der Waals surface area (Å²) in [5.41, 5.74) is 0.562. The Hall–Kier alpha value is -1.65. The van der Waals surface area contributed by atoms with E-state index in [1.54, 1.807) is 24.3 Å². The van der Waals surface area contributed by atoms with Crippen LogP contribution in [0.3, 0.4) is 0 Å². The van der Waals surface area contributed by atoms with Crippen molar-refractivity contribution in [2.45, 2.75) is 13.3 Å². The van der Waals surface area contributed by atoms with Gasteiger partial charge in [0.15, 0.2) is 5.78 Å². The van der Waals surface area contributed by atoms with E-state index >= 15 is 0 Å². The first-order chi connectivity index (χ1) is 9.30. The first kappa shape index (κ1) is 16.4. The Morgan fingerprint density at radius 3 is 2.30 bits per heavy atom. The number of carboxylic acid groups (broad SMARTS) is 1. The van der Waals surface area contributed by atoms with Gasteiger partial charge in [0.25, 0.3) is 0 Å². The molecule has 0 aliphatic carbocycles. The normalized spacial score (nSPS) is 13.5. The maximum atomic E-state index is 11.6. The smallest absolute Gasteiger partial charge is 0.303 e. The molecule has 0 saturated carbocycles. The molecule has 0 aromatic heterocycles. The summed E-state index contributed by atoms with van der Waals surface area (Å²) in [5.74, 6) is -0.654. The van der Waals surface area contributed by atoms with Crippen LogP contribution in [0.25, 0.3) is 0 Å². The van der Waals surface area contributed by atoms with E-state index in [2.05, 4.69) is 0 Å². The summed E-state index contributed by atoms with van der Waals surface area (Å²) in [6.07, 6.45) is -0.690. The third-order valence-electron chi connectivity index (χ3n) is 2.65. The van der Waals surface area contributed by atoms with Crippen molar-refractivity contribution >= 4 is 19.1 Å². The van der Waals surface area contributed by atoms with Gasteiger partial charge in [0.05, 0.1) is 19.2 Å². The van der Waals surface area contributed by atoms with E-state index in [1.165, 1.54) is 6.92 Å². The minimum Gasteiger partial charge on any atom is -0.493 e. The molecule has 0 saturated heterocycles. The van der Waals surface area contributed by atoms with Gasteiger partial charge in [-0.2, -0.15) is 0 Å². The van der Waals surface area contributed by atoms with Crippen LogP contribution in [0, 0.1) is 0 Å². The van der Waals surface area contributed by atoms with Gasteiger partial charge in [-0.25, -0.2) is 0 Å². The summed E-state index contributed by atoms with van der Waals surface area (Å²) in [5, 5.41) is 8.46. The Morgan fingerprint density at radius 2 is 1.80 bits per heavy atom. The largest absolute Gasteiger partial charge is 0.493 e. The molecule has 110 valence electrons. The van der Waals surface area contributed by atoms with E-state index in [9.17, 15) is 19.0 Å². The zero-order chi connectivity index (χ0) is 15.2. The quantitative estimate of drug-likeness (QED) is 0.562. The zero-order valence-corrected chi connectivity index (χ0v) is 12.0. The molecule has 6 nitrogen and oxygen atoms in total. The predicted octanol–water partition coefficient (Wildman–Crippen LogP) is 2.01. The van der Waals surface area contributed by atoms with Crippen molar-refractivity contribution in [1.29, 1.82) is 0 Å². The molecule has 0 bridgehead atoms. The van der Waals surface area contributed by atoms with Crippen molar-refractivity contribution in [2.75, 3.05) is 18.9 Å². The molecule has 0 fully saturated rings. The molecule has 0 spiro atoms. The molecule has 0 amide bonds. The number of carbonyl (C=O) groups excluding carboxylic acids is 1. The average molecular weight is 300 g/mol. The number of benzene rings is 1. The van der Waals surface area contributed by atoms with Crippen LogP contribution in [-0.4, -0.2) is 40.7 Å². The fourth-order valence-corrected chi connectivity index (χ4v) is 2.62. The van der Waals surface area contributed by atoms with Crippen molar-refractivity contribution in [2.24, 2.45) is 0 Å². The Kier molecular flexibility index (Phi) is 5.92. The minimum atomic E-state index is -3.47. The van der Waals surface area contributed by atoms with Crippen LogP contribution in [0.1, 0.15) is 23.7 Å². The molecule has 1 aromatic carbocycles. The summed E-state index contributed by atoms with van der Waals surface area (Å²) in [7, 11) is -3.47. The van der Waals surface area contributed by atoms with Gasteiger partial charge in [0, 0.05) is 11.7 Å². The Labute approximate surface area is 116 Å². The highest BCUT2D eigenvalue weighted by atomic mass is 31.2. The Bertz CT molecular complexity index is 522. The van der Waals surface area contributed by atoms with Crippen LogP contribution in [0.15, 0.2) is 24.3 Å². The monoisotopic (exact) mass is 300 g/mol. The highest BCUT2D eigenvalue weighted by Crippen LogP contribution is 2.40. The average Bonchev–Trinajstić information content (AvgIpc) is 2.37. The standard InChI is InChI=1S/C13H17O6P/c1-10(14)11-2-4-12(5-3-11)19-7-9-20(17,18)8-6-13(15)16/h2-5H,6-9H2,1H3,(H,15,16)(H,17,18). The van der Waals surface area contributed by atoms with Crippen LogP contribution in [0.5, 0.6) is 5.75 Å². The molecule has 1 unspecified atom stereocenters. The van der Waals surface area contributed by atoms with Crippen molar-refractivity contribution in [3.05, 3.63) is 29.8 Å². The number of ketones is 1. The number of ether oxygens (including phenoxy) is 1. The lowest BCUT2D eigenvalue weighted by Gasteiger charge is -2.11. The molecule has 20 heavy (non-hydrogen) atoms. The predicted molar refractivity (Wildman–Crippen MR) is 73.8 cm³/mol. The third kappa shape index (κ3) is 5.99. The van der Waals surface area contributed by atoms with E-state index in [4.69, 9.17) is 9.84 Å². The second-order valence-electron chi connectivity index (χ2n) is 4.37. The summed E-state index contributed by atoms with van der Waals surface area (Å²) in [4.78, 5) is 30.9. The van der Waals surface area contributed by atoms with Gasteiger partial charge in [-0.15, -0.1) is 0 Å². The molecule has 0 radical (unpaired) electrons. The second kappa shape index (κ2) is 7.22. The van der Waals surface area contributed by atoms with Crippen molar-refractivity contribution in [3.63, 3.8) is 0 Å². The van der Waals surface area contributed by atoms with Gasteiger partial charge < -0.3 is 14.7 Å². The number of carbonyl (C=O) groups is 2. The molecule has 1 atom stereocenters. The van der Waals surface area contributed by atoms with Crippen molar-refractivity contribution in [3.8, 4) is 5.75 Å². The fourth-order valence-electron chi connectivity index (χ4n) is 1.47. The fraction of sp³-hybridized carbons (Fsp3) is 0.385. The molecular weight excluding hydrogens is 283 g/mol. The summed E-state index contributed by atoms with van der Waals surface area (Å²) in [6.45, 7) is 1.48. The maximum Gasteiger partial charge on any atom is 0.303 e. The van der Waals surface area contributed by atoms with Gasteiger partial charge >= 0.3 is 5.97 Å². The van der Waals surface area contributed by atoms with E-state index in [0.29, 0.717) is 11.3 Å². The first-order valence-electron chi connectivity index (χ1n) is 6.06. The van der Waals surface area contributed by atoms with Gasteiger partial charge in [-0.1, -0.05) is 0 Å². The van der Waals surface area contributed by atoms with E-state index < -0.39 is 13.3 Å². The Balaban J connectivity index is 2.41. The molecular formula is C13H17O6P. The minimum absolute atomic E-state index is 0.0206. The van der Waals surface area contributed by atoms with Crippen LogP contribution in [-0.2, 0) is 9.36 Å². The third-order valence-corrected chi connectivity index (χ3v) is 4.45. The second-order valence-corrected chi connectivity index (χ2v) is 6.95. The van der Waals surface area contributed by atoms with Gasteiger partial charge in [-0.3, -0.25) is 14.2 Å². The SMILES string of the molecule is CC(=O)c1ccc(OCCP(=O)(O)CCC(=O)O)cc1. The van der Waals surface area contributed by atoms with Gasteiger partial charge in [0.2, 0.25) is 7.37 Å². The van der Waals surface area contributed by atoms with Crippen molar-refractivity contribution < 1.29 is 28.9 Å². The first-order valence-corrected chi connectivity index (χ1v) is 8.09. The van der Waals surface area contributed by atoms with Crippen LogP contribution >= 0.6 is 7.37 Å². The summed E-state index contributed by atoms with van der Waals surface area (Å²) < 4.78 is 16.9. The number of rotatable bonds is 8.